The topological polar surface area (TPSA) is 29.3 Å². The minimum atomic E-state index is 0.284. The Hall–Kier alpha value is -0.0800. The van der Waals surface area contributed by atoms with Crippen molar-refractivity contribution in [3.05, 3.63) is 0 Å². The van der Waals surface area contributed by atoms with Crippen LogP contribution in [0.25, 0.3) is 0 Å². The van der Waals surface area contributed by atoms with Gasteiger partial charge in [0.15, 0.2) is 0 Å². The molecule has 0 radical (unpaired) electrons. The number of likely N-dealkylation sites (tertiary alicyclic amines) is 1. The lowest BCUT2D eigenvalue weighted by Gasteiger charge is -2.35. The number of nitrogens with zero attached hydrogens (tertiary/aromatic N) is 1. The standard InChI is InChI=1S/C14H30N2/c1-13(2,3)11-7-9-16(14(4,5)6)10-8-12(11)15/h11-12H,7-10,15H2,1-6H3. The summed E-state index contributed by atoms with van der Waals surface area (Å²) in [5, 5.41) is 0. The van der Waals surface area contributed by atoms with Crippen LogP contribution >= 0.6 is 0 Å². The molecule has 2 atom stereocenters. The molecule has 0 aromatic rings. The predicted octanol–water partition coefficient (Wildman–Crippen LogP) is 2.87. The average Bonchev–Trinajstić information content (AvgIpc) is 2.23. The van der Waals surface area contributed by atoms with Crippen molar-refractivity contribution in [1.29, 1.82) is 0 Å². The second-order valence-corrected chi connectivity index (χ2v) is 7.37. The monoisotopic (exact) mass is 226 g/mol. The molecule has 96 valence electrons. The zero-order valence-electron chi connectivity index (χ0n) is 12.0. The van der Waals surface area contributed by atoms with Gasteiger partial charge in [0.05, 0.1) is 0 Å². The molecule has 1 fully saturated rings. The normalized spacial score (nSPS) is 30.2. The van der Waals surface area contributed by atoms with Crippen molar-refractivity contribution in [3.8, 4) is 0 Å². The van der Waals surface area contributed by atoms with Gasteiger partial charge in [0.1, 0.15) is 0 Å². The van der Waals surface area contributed by atoms with Gasteiger partial charge in [0.25, 0.3) is 0 Å². The van der Waals surface area contributed by atoms with Gasteiger partial charge >= 0.3 is 0 Å². The first-order valence-electron chi connectivity index (χ1n) is 6.63. The lowest BCUT2D eigenvalue weighted by molar-refractivity contribution is 0.133. The second-order valence-electron chi connectivity index (χ2n) is 7.37. The molecule has 1 aliphatic rings. The molecule has 0 bridgehead atoms. The maximum Gasteiger partial charge on any atom is 0.0125 e. The van der Waals surface area contributed by atoms with Gasteiger partial charge in [-0.1, -0.05) is 20.8 Å². The Morgan fingerprint density at radius 2 is 1.44 bits per heavy atom. The zero-order valence-corrected chi connectivity index (χ0v) is 12.0. The fourth-order valence-corrected chi connectivity index (χ4v) is 2.87. The van der Waals surface area contributed by atoms with Crippen LogP contribution in [-0.2, 0) is 0 Å². The van der Waals surface area contributed by atoms with Crippen molar-refractivity contribution in [2.45, 2.75) is 66.0 Å². The van der Waals surface area contributed by atoms with Crippen LogP contribution in [-0.4, -0.2) is 29.6 Å². The Morgan fingerprint density at radius 3 is 1.88 bits per heavy atom. The van der Waals surface area contributed by atoms with Crippen molar-refractivity contribution in [2.75, 3.05) is 13.1 Å². The number of hydrogen-bond donors (Lipinski definition) is 1. The molecule has 2 unspecified atom stereocenters. The van der Waals surface area contributed by atoms with Crippen molar-refractivity contribution < 1.29 is 0 Å². The van der Waals surface area contributed by atoms with Crippen LogP contribution in [0.15, 0.2) is 0 Å². The summed E-state index contributed by atoms with van der Waals surface area (Å²) in [5.41, 5.74) is 6.97. The Morgan fingerprint density at radius 1 is 0.938 bits per heavy atom. The quantitative estimate of drug-likeness (QED) is 0.688. The number of rotatable bonds is 0. The molecule has 2 N–H and O–H groups in total. The van der Waals surface area contributed by atoms with Crippen LogP contribution in [0.3, 0.4) is 0 Å². The summed E-state index contributed by atoms with van der Waals surface area (Å²) in [4.78, 5) is 2.58. The van der Waals surface area contributed by atoms with Crippen LogP contribution in [0.5, 0.6) is 0 Å². The van der Waals surface area contributed by atoms with Gasteiger partial charge in [-0.2, -0.15) is 0 Å². The molecule has 0 aromatic heterocycles. The maximum absolute atomic E-state index is 6.34. The summed E-state index contributed by atoms with van der Waals surface area (Å²) in [6.45, 7) is 16.2. The van der Waals surface area contributed by atoms with Crippen LogP contribution in [0, 0.1) is 11.3 Å². The Labute approximate surface area is 102 Å². The molecule has 1 heterocycles. The smallest absolute Gasteiger partial charge is 0.0125 e. The summed E-state index contributed by atoms with van der Waals surface area (Å²) in [7, 11) is 0. The van der Waals surface area contributed by atoms with E-state index >= 15 is 0 Å². The molecule has 0 aromatic carbocycles. The number of nitrogens with two attached hydrogens (primary N) is 1. The molecule has 0 amide bonds. The zero-order chi connectivity index (χ0) is 12.6. The fourth-order valence-electron chi connectivity index (χ4n) is 2.87. The van der Waals surface area contributed by atoms with E-state index in [4.69, 9.17) is 5.73 Å². The summed E-state index contributed by atoms with van der Waals surface area (Å²) in [6.07, 6.45) is 2.38. The first-order chi connectivity index (χ1) is 7.12. The van der Waals surface area contributed by atoms with E-state index in [2.05, 4.69) is 46.4 Å². The maximum atomic E-state index is 6.34. The first-order valence-corrected chi connectivity index (χ1v) is 6.63. The SMILES string of the molecule is CC(C)(C)C1CCN(C(C)(C)C)CCC1N. The van der Waals surface area contributed by atoms with E-state index in [1.807, 2.05) is 0 Å². The Balaban J connectivity index is 2.70. The molecule has 16 heavy (non-hydrogen) atoms. The van der Waals surface area contributed by atoms with Gasteiger partial charge in [0.2, 0.25) is 0 Å². The van der Waals surface area contributed by atoms with Gasteiger partial charge in [0, 0.05) is 18.1 Å². The highest BCUT2D eigenvalue weighted by Crippen LogP contribution is 2.34. The summed E-state index contributed by atoms with van der Waals surface area (Å²) < 4.78 is 0. The third kappa shape index (κ3) is 3.46. The van der Waals surface area contributed by atoms with Gasteiger partial charge < -0.3 is 5.73 Å². The van der Waals surface area contributed by atoms with Crippen LogP contribution in [0.4, 0.5) is 0 Å². The summed E-state index contributed by atoms with van der Waals surface area (Å²) in [5.74, 6) is 0.653. The molecular formula is C14H30N2. The average molecular weight is 226 g/mol. The molecule has 1 aliphatic heterocycles. The van der Waals surface area contributed by atoms with E-state index in [0.29, 0.717) is 17.4 Å². The minimum absolute atomic E-state index is 0.284. The molecule has 1 rings (SSSR count). The van der Waals surface area contributed by atoms with Crippen molar-refractivity contribution >= 4 is 0 Å². The van der Waals surface area contributed by atoms with E-state index in [0.717, 1.165) is 13.0 Å². The summed E-state index contributed by atoms with van der Waals surface area (Å²) >= 11 is 0. The van der Waals surface area contributed by atoms with Gasteiger partial charge in [-0.15, -0.1) is 0 Å². The highest BCUT2D eigenvalue weighted by Gasteiger charge is 2.34. The van der Waals surface area contributed by atoms with Crippen LogP contribution in [0.2, 0.25) is 0 Å². The van der Waals surface area contributed by atoms with E-state index in [1.54, 1.807) is 0 Å². The predicted molar refractivity (Wildman–Crippen MR) is 71.5 cm³/mol. The third-order valence-corrected chi connectivity index (χ3v) is 4.02. The molecule has 0 saturated carbocycles. The lowest BCUT2D eigenvalue weighted by Crippen LogP contribution is -2.42. The van der Waals surface area contributed by atoms with E-state index in [-0.39, 0.29) is 5.54 Å². The van der Waals surface area contributed by atoms with Crippen LogP contribution in [0.1, 0.15) is 54.4 Å². The summed E-state index contributed by atoms with van der Waals surface area (Å²) in [6, 6.07) is 0.368. The number of hydrogen-bond acceptors (Lipinski definition) is 2. The molecule has 2 heteroatoms. The third-order valence-electron chi connectivity index (χ3n) is 4.02. The lowest BCUT2D eigenvalue weighted by atomic mass is 9.74. The molecular weight excluding hydrogens is 196 g/mol. The highest BCUT2D eigenvalue weighted by atomic mass is 15.2. The van der Waals surface area contributed by atoms with Crippen LogP contribution < -0.4 is 5.73 Å². The Kier molecular flexibility index (Phi) is 4.07. The van der Waals surface area contributed by atoms with E-state index in [9.17, 15) is 0 Å². The van der Waals surface area contributed by atoms with Gasteiger partial charge in [-0.3, -0.25) is 4.90 Å². The fraction of sp³-hybridized carbons (Fsp3) is 1.00. The van der Waals surface area contributed by atoms with E-state index in [1.165, 1.54) is 13.0 Å². The molecule has 2 nitrogen and oxygen atoms in total. The van der Waals surface area contributed by atoms with E-state index < -0.39 is 0 Å². The largest absolute Gasteiger partial charge is 0.327 e. The minimum Gasteiger partial charge on any atom is -0.327 e. The van der Waals surface area contributed by atoms with Crippen molar-refractivity contribution in [3.63, 3.8) is 0 Å². The second kappa shape index (κ2) is 4.66. The molecule has 1 saturated heterocycles. The molecule has 0 spiro atoms. The van der Waals surface area contributed by atoms with Gasteiger partial charge in [-0.25, -0.2) is 0 Å². The Bertz CT molecular complexity index is 222. The highest BCUT2D eigenvalue weighted by molar-refractivity contribution is 4.89. The molecule has 0 aliphatic carbocycles. The van der Waals surface area contributed by atoms with Crippen molar-refractivity contribution in [1.82, 2.24) is 4.90 Å². The van der Waals surface area contributed by atoms with Gasteiger partial charge in [-0.05, 0) is 51.5 Å². The van der Waals surface area contributed by atoms with Crippen molar-refractivity contribution in [2.24, 2.45) is 17.1 Å². The first kappa shape index (κ1) is 14.0.